The molecule has 2 aromatic carbocycles. The summed E-state index contributed by atoms with van der Waals surface area (Å²) in [5, 5.41) is 197. The number of phenols is 1. The van der Waals surface area contributed by atoms with Gasteiger partial charge in [0.15, 0.2) is 18.9 Å². The van der Waals surface area contributed by atoms with Gasteiger partial charge in [-0.15, -0.1) is 0 Å². The number of nitrogens with one attached hydrogen (secondary N) is 10. The third-order valence-electron chi connectivity index (χ3n) is 22.5. The Morgan fingerprint density at radius 1 is 0.537 bits per heavy atom. The lowest BCUT2D eigenvalue weighted by atomic mass is 9.88. The van der Waals surface area contributed by atoms with Crippen LogP contribution in [0.2, 0.25) is 0 Å². The van der Waals surface area contributed by atoms with Crippen LogP contribution < -0.4 is 58.9 Å². The van der Waals surface area contributed by atoms with E-state index < -0.39 is 348 Å². The number of likely N-dealkylation sites (tertiary alicyclic amines) is 1. The summed E-state index contributed by atoms with van der Waals surface area (Å²) in [4.78, 5) is 217. The number of aliphatic carboxylic acids is 4. The van der Waals surface area contributed by atoms with Gasteiger partial charge in [-0.2, -0.15) is 0 Å². The van der Waals surface area contributed by atoms with E-state index in [-0.39, 0.29) is 44.4 Å². The monoisotopic (exact) mass is 1910 g/mol. The number of carbonyl (C=O) groups is 16. The van der Waals surface area contributed by atoms with Gasteiger partial charge >= 0.3 is 23.9 Å². The van der Waals surface area contributed by atoms with E-state index in [4.69, 9.17) is 43.6 Å². The van der Waals surface area contributed by atoms with Gasteiger partial charge in [0.25, 0.3) is 5.79 Å². The van der Waals surface area contributed by atoms with Crippen LogP contribution in [0, 0.1) is 5.92 Å². The van der Waals surface area contributed by atoms with E-state index in [9.17, 15) is 149 Å². The molecule has 12 amide bonds. The number of hydrogen-bond donors (Lipinski definition) is 27. The maximum atomic E-state index is 15.1. The van der Waals surface area contributed by atoms with E-state index in [0.717, 1.165) is 39.5 Å². The highest BCUT2D eigenvalue weighted by atomic mass is 16.8. The summed E-state index contributed by atoms with van der Waals surface area (Å²) in [6, 6.07) is -6.20. The molecular formula is C82H120N12O40. The molecular weight excluding hydrogens is 1790 g/mol. The Balaban J connectivity index is 1.13. The van der Waals surface area contributed by atoms with Crippen LogP contribution in [0.4, 0.5) is 0 Å². The second-order valence-corrected chi connectivity index (χ2v) is 33.4. The number of ether oxygens (including phenoxy) is 8. The zero-order chi connectivity index (χ0) is 99.8. The number of carboxylic acid groups (broad SMARTS) is 4. The van der Waals surface area contributed by atoms with Crippen molar-refractivity contribution in [1.29, 1.82) is 0 Å². The molecule has 5 fully saturated rings. The number of aliphatic hydroxyl groups excluding tert-OH is 11. The lowest BCUT2D eigenvalue weighted by Crippen LogP contribution is -2.71. The SMILES string of the molecule is CC(=O)N[C@H]1[C@H](OC[C@H]2O[C@H](O[C@H](C)[C@H](NC(=O)[C@H](CCC(=O)O)NC(=O)[C@@H]3CCCN3C(=O)[C@H](CC(C)C)NC(=O)[C@H](Cc3ccccc3)NC(=O)[C@H](CC(=O)O)NC(=O)[C@H](Cc3ccc(O)cc3)NC(C)=O)C(=O)N[C@@H](CCC(=O)O)C(N)=O)[C@H](NC(C)=O)[C@@H](O)[C@H]2O)O[C@H](CO)[C@@H](O[C@@H]2O[C@H](CO)[C@H](O)[C@H](O[C@]3(C(=O)O)C[C@H](O)[C@@H](NC(C)=O)[C@H]([C@H](O)[C@H](O)CO)O3)[C@H]2O)[C@@H]1O. The number of rotatable bonds is 48. The van der Waals surface area contributed by atoms with Gasteiger partial charge in [-0.05, 0) is 68.2 Å². The van der Waals surface area contributed by atoms with Gasteiger partial charge in [-0.25, -0.2) is 4.79 Å². The molecule has 0 unspecified atom stereocenters. The largest absolute Gasteiger partial charge is 0.508 e. The lowest BCUT2D eigenvalue weighted by molar-refractivity contribution is -0.383. The van der Waals surface area contributed by atoms with Gasteiger partial charge in [0.2, 0.25) is 70.9 Å². The molecule has 5 aliphatic heterocycles. The molecule has 748 valence electrons. The van der Waals surface area contributed by atoms with E-state index >= 15 is 9.59 Å². The standard InChI is InChI=1S/C82H120N12O40/c1-33(2)24-47(92-73(120)45(25-39-12-9-8-10-13-39)90-74(121)46(27-56(109)110)91-72(119)44(84-35(4)98)26-40-15-17-41(102)18-16-40)77(124)94-23-11-14-48(94)75(122)89-43(20-22-55(107)108)71(118)93-57(76(123)88-42(70(83)117)19-21-54(105)106)34(3)128-79-59(86-37(6)100)64(114)62(112)53(131-79)32-127-78-60(87-38(7)101)65(115)67(52(31-97)130-78)132-80-66(116)69(63(113)51(30-96)129-80)134-82(81(125)126)28-49(103)58(85-36(5)99)68(133-82)61(111)50(104)29-95/h8-10,12-13,15-18,33-34,42-53,57-69,78-80,95-97,102-104,111-116H,11,14,19-32H2,1-7H3,(H2,83,117)(H,84,98)(H,85,99)(H,86,100)(H,87,101)(H,88,123)(H,89,122)(H,90,121)(H,91,119)(H,92,120)(H,93,118)(H,105,106)(H,107,108)(H,109,110)(H,125,126)/t34-,42+,43+,44+,45+,46+,47+,48+,49+,50-,51-,52-,53-,57+,58-,59-,60-,61-,62+,63+,64-,65-,66-,67-,68-,69+,78-,79+,80+,82+/m1/s1. The molecule has 0 spiro atoms. The van der Waals surface area contributed by atoms with Crippen molar-refractivity contribution in [1.82, 2.24) is 58.1 Å². The summed E-state index contributed by atoms with van der Waals surface area (Å²) in [5.41, 5.74) is 6.47. The Morgan fingerprint density at radius 3 is 1.60 bits per heavy atom. The van der Waals surface area contributed by atoms with E-state index in [1.807, 2.05) is 0 Å². The predicted molar refractivity (Wildman–Crippen MR) is 445 cm³/mol. The Labute approximate surface area is 764 Å². The van der Waals surface area contributed by atoms with Gasteiger partial charge in [0.05, 0.1) is 51.1 Å². The fourth-order valence-electron chi connectivity index (χ4n) is 15.8. The van der Waals surface area contributed by atoms with Crippen molar-refractivity contribution in [2.45, 2.75) is 302 Å². The summed E-state index contributed by atoms with van der Waals surface area (Å²) in [5.74, 6) is -23.5. The number of carbonyl (C=O) groups excluding carboxylic acids is 12. The highest BCUT2D eigenvalue weighted by molar-refractivity contribution is 5.99. The maximum absolute atomic E-state index is 15.1. The van der Waals surface area contributed by atoms with Gasteiger partial charge < -0.3 is 183 Å². The Morgan fingerprint density at radius 2 is 1.06 bits per heavy atom. The Bertz CT molecular complexity index is 4390. The predicted octanol–water partition coefficient (Wildman–Crippen LogP) is -11.4. The topological polar surface area (TPSA) is 820 Å². The van der Waals surface area contributed by atoms with Crippen LogP contribution >= 0.6 is 0 Å². The molecule has 7 rings (SSSR count). The van der Waals surface area contributed by atoms with E-state index in [1.54, 1.807) is 44.2 Å². The van der Waals surface area contributed by atoms with Crippen LogP contribution in [-0.2, 0) is 127 Å². The van der Waals surface area contributed by atoms with E-state index in [0.29, 0.717) is 11.1 Å². The number of phenolic OH excluding ortho intramolecular Hbond substituents is 1. The van der Waals surface area contributed by atoms with E-state index in [2.05, 4.69) is 53.2 Å². The first-order valence-corrected chi connectivity index (χ1v) is 42.8. The zero-order valence-electron chi connectivity index (χ0n) is 73.8. The summed E-state index contributed by atoms with van der Waals surface area (Å²) >= 11 is 0. The Kier molecular flexibility index (Phi) is 41.5. The van der Waals surface area contributed by atoms with Crippen molar-refractivity contribution in [3.63, 3.8) is 0 Å². The lowest BCUT2D eigenvalue weighted by Gasteiger charge is -2.51. The van der Waals surface area contributed by atoms with Crippen LogP contribution in [0.3, 0.4) is 0 Å². The molecule has 52 heteroatoms. The minimum absolute atomic E-state index is 0.0811. The second kappa shape index (κ2) is 50.5. The summed E-state index contributed by atoms with van der Waals surface area (Å²) in [6.45, 7) is 3.48. The van der Waals surface area contributed by atoms with Crippen molar-refractivity contribution < 1.29 is 196 Å². The van der Waals surface area contributed by atoms with Crippen molar-refractivity contribution in [3.05, 3.63) is 65.7 Å². The molecule has 5 saturated heterocycles. The first-order valence-electron chi connectivity index (χ1n) is 42.8. The smallest absolute Gasteiger partial charge is 0.364 e. The first-order chi connectivity index (χ1) is 63.0. The van der Waals surface area contributed by atoms with Crippen LogP contribution in [0.25, 0.3) is 0 Å². The third-order valence-corrected chi connectivity index (χ3v) is 22.5. The molecule has 0 aromatic heterocycles. The quantitative estimate of drug-likeness (QED) is 0.0293. The van der Waals surface area contributed by atoms with Gasteiger partial charge in [0, 0.05) is 66.3 Å². The van der Waals surface area contributed by atoms with Gasteiger partial charge in [-0.1, -0.05) is 56.3 Å². The average molecular weight is 1910 g/mol. The molecule has 134 heavy (non-hydrogen) atoms. The fraction of sp³-hybridized carbons (Fsp3) is 0.659. The molecule has 30 atom stereocenters. The molecule has 5 aliphatic rings. The number of aromatic hydroxyl groups is 1. The number of aliphatic hydroxyl groups is 11. The summed E-state index contributed by atoms with van der Waals surface area (Å²) < 4.78 is 47.3. The highest BCUT2D eigenvalue weighted by Gasteiger charge is 2.61. The maximum Gasteiger partial charge on any atom is 0.364 e. The molecule has 2 aromatic rings. The van der Waals surface area contributed by atoms with Crippen LogP contribution in [0.5, 0.6) is 5.75 Å². The summed E-state index contributed by atoms with van der Waals surface area (Å²) in [7, 11) is 0. The average Bonchev–Trinajstić information content (AvgIpc) is 0.815. The minimum atomic E-state index is -3.27. The number of nitrogens with zero attached hydrogens (tertiary/aromatic N) is 1. The Hall–Kier alpha value is -11.0. The molecule has 28 N–H and O–H groups in total. The summed E-state index contributed by atoms with van der Waals surface area (Å²) in [6.07, 6.45) is -44.9. The van der Waals surface area contributed by atoms with Gasteiger partial charge in [-0.3, -0.25) is 71.9 Å². The molecule has 5 heterocycles. The van der Waals surface area contributed by atoms with Crippen molar-refractivity contribution in [2.75, 3.05) is 33.0 Å². The van der Waals surface area contributed by atoms with E-state index in [1.165, 1.54) is 24.3 Å². The zero-order valence-corrected chi connectivity index (χ0v) is 73.8. The normalized spacial score (nSPS) is 28.5. The first kappa shape index (κ1) is 110. The number of nitrogens with two attached hydrogens (primary N) is 1. The number of benzene rings is 2. The highest BCUT2D eigenvalue weighted by Crippen LogP contribution is 2.39. The third kappa shape index (κ3) is 30.5. The fourth-order valence-corrected chi connectivity index (χ4v) is 15.8. The number of carboxylic acids is 4. The number of primary amides is 1. The molecule has 0 radical (unpaired) electrons. The van der Waals surface area contributed by atoms with Crippen molar-refractivity contribution in [2.24, 2.45) is 11.7 Å². The van der Waals surface area contributed by atoms with Crippen molar-refractivity contribution >= 4 is 94.8 Å². The van der Waals surface area contributed by atoms with Crippen molar-refractivity contribution in [3.8, 4) is 5.75 Å². The molecule has 0 aliphatic carbocycles. The van der Waals surface area contributed by atoms with Crippen LogP contribution in [-0.4, -0.2) is 397 Å². The van der Waals surface area contributed by atoms with Gasteiger partial charge in [0.1, 0.15) is 146 Å². The second-order valence-electron chi connectivity index (χ2n) is 33.4. The molecule has 0 bridgehead atoms. The number of hydrogen-bond acceptors (Lipinski definition) is 36. The van der Waals surface area contributed by atoms with Crippen LogP contribution in [0.1, 0.15) is 117 Å². The minimum Gasteiger partial charge on any atom is -0.508 e. The molecule has 0 saturated carbocycles. The van der Waals surface area contributed by atoms with Crippen LogP contribution in [0.15, 0.2) is 54.6 Å². The number of amides is 12. The molecule has 52 nitrogen and oxygen atoms in total.